The molecule has 1 aliphatic rings. The van der Waals surface area contributed by atoms with Crippen LogP contribution in [0.15, 0.2) is 0 Å². The second kappa shape index (κ2) is 5.56. The topological polar surface area (TPSA) is 24.1 Å². The van der Waals surface area contributed by atoms with E-state index in [1.54, 1.807) is 0 Å². The van der Waals surface area contributed by atoms with E-state index in [0.717, 1.165) is 0 Å². The highest BCUT2D eigenvalue weighted by Crippen LogP contribution is 2.01. The Balaban J connectivity index is 1.86. The van der Waals surface area contributed by atoms with E-state index < -0.39 is 0 Å². The summed E-state index contributed by atoms with van der Waals surface area (Å²) in [6, 6.07) is 0. The fourth-order valence-electron chi connectivity index (χ4n) is 1.51. The van der Waals surface area contributed by atoms with Crippen molar-refractivity contribution in [2.24, 2.45) is 0 Å². The van der Waals surface area contributed by atoms with Gasteiger partial charge in [0.15, 0.2) is 0 Å². The van der Waals surface area contributed by atoms with Crippen LogP contribution in [0.5, 0.6) is 0 Å². The molecular formula is C9H20N2. The minimum absolute atomic E-state index is 0.617. The SMILES string of the molecule is CCCCCNC1CCCN1. The highest BCUT2D eigenvalue weighted by molar-refractivity contribution is 4.71. The molecule has 0 aromatic heterocycles. The standard InChI is InChI=1S/C9H20N2/c1-2-3-4-7-10-9-6-5-8-11-9/h9-11H,2-8H2,1H3. The predicted octanol–water partition coefficient (Wildman–Crippen LogP) is 1.48. The first kappa shape index (κ1) is 9.01. The summed E-state index contributed by atoms with van der Waals surface area (Å²) in [5.41, 5.74) is 0. The Morgan fingerprint density at radius 1 is 1.45 bits per heavy atom. The molecule has 1 saturated heterocycles. The van der Waals surface area contributed by atoms with Gasteiger partial charge in [-0.2, -0.15) is 0 Å². The van der Waals surface area contributed by atoms with Gasteiger partial charge in [-0.15, -0.1) is 0 Å². The van der Waals surface area contributed by atoms with Gasteiger partial charge < -0.3 is 10.6 Å². The van der Waals surface area contributed by atoms with Crippen LogP contribution >= 0.6 is 0 Å². The van der Waals surface area contributed by atoms with Crippen molar-refractivity contribution in [1.29, 1.82) is 0 Å². The molecule has 0 aliphatic carbocycles. The first-order valence-corrected chi connectivity index (χ1v) is 4.90. The van der Waals surface area contributed by atoms with Crippen LogP contribution in [-0.4, -0.2) is 19.3 Å². The first-order chi connectivity index (χ1) is 5.43. The van der Waals surface area contributed by atoms with Gasteiger partial charge in [-0.05, 0) is 32.4 Å². The summed E-state index contributed by atoms with van der Waals surface area (Å²) in [5, 5.41) is 6.93. The lowest BCUT2D eigenvalue weighted by atomic mass is 10.2. The van der Waals surface area contributed by atoms with E-state index in [-0.39, 0.29) is 0 Å². The number of unbranched alkanes of at least 4 members (excludes halogenated alkanes) is 2. The molecule has 0 saturated carbocycles. The first-order valence-electron chi connectivity index (χ1n) is 4.90. The van der Waals surface area contributed by atoms with Crippen molar-refractivity contribution in [2.75, 3.05) is 13.1 Å². The van der Waals surface area contributed by atoms with Gasteiger partial charge in [0, 0.05) is 0 Å². The fourth-order valence-corrected chi connectivity index (χ4v) is 1.51. The molecule has 1 atom stereocenters. The third kappa shape index (κ3) is 3.73. The van der Waals surface area contributed by atoms with Crippen LogP contribution in [0.25, 0.3) is 0 Å². The van der Waals surface area contributed by atoms with Crippen molar-refractivity contribution >= 4 is 0 Å². The van der Waals surface area contributed by atoms with E-state index in [4.69, 9.17) is 0 Å². The Bertz CT molecular complexity index is 87.6. The molecule has 1 rings (SSSR count). The fraction of sp³-hybridized carbons (Fsp3) is 1.00. The van der Waals surface area contributed by atoms with Gasteiger partial charge in [-0.3, -0.25) is 0 Å². The quantitative estimate of drug-likeness (QED) is 0.589. The van der Waals surface area contributed by atoms with E-state index in [1.807, 2.05) is 0 Å². The van der Waals surface area contributed by atoms with Crippen LogP contribution in [0.4, 0.5) is 0 Å². The number of rotatable bonds is 5. The zero-order valence-corrected chi connectivity index (χ0v) is 7.53. The molecule has 0 aromatic rings. The lowest BCUT2D eigenvalue weighted by Crippen LogP contribution is -2.37. The molecule has 2 nitrogen and oxygen atoms in total. The maximum Gasteiger partial charge on any atom is 0.0572 e. The van der Waals surface area contributed by atoms with Crippen molar-refractivity contribution < 1.29 is 0 Å². The van der Waals surface area contributed by atoms with Crippen LogP contribution < -0.4 is 10.6 Å². The van der Waals surface area contributed by atoms with E-state index >= 15 is 0 Å². The van der Waals surface area contributed by atoms with E-state index in [0.29, 0.717) is 6.17 Å². The number of nitrogens with one attached hydrogen (secondary N) is 2. The van der Waals surface area contributed by atoms with E-state index in [1.165, 1.54) is 45.2 Å². The molecule has 0 spiro atoms. The number of hydrogen-bond donors (Lipinski definition) is 2. The normalized spacial score (nSPS) is 24.3. The number of hydrogen-bond acceptors (Lipinski definition) is 2. The molecule has 2 heteroatoms. The zero-order valence-electron chi connectivity index (χ0n) is 7.53. The highest BCUT2D eigenvalue weighted by atomic mass is 15.1. The maximum atomic E-state index is 3.51. The lowest BCUT2D eigenvalue weighted by Gasteiger charge is -2.11. The summed E-state index contributed by atoms with van der Waals surface area (Å²) >= 11 is 0. The van der Waals surface area contributed by atoms with Gasteiger partial charge in [0.1, 0.15) is 0 Å². The molecular weight excluding hydrogens is 136 g/mol. The van der Waals surface area contributed by atoms with Crippen molar-refractivity contribution in [1.82, 2.24) is 10.6 Å². The zero-order chi connectivity index (χ0) is 7.94. The second-order valence-corrected chi connectivity index (χ2v) is 3.31. The highest BCUT2D eigenvalue weighted by Gasteiger charge is 2.11. The molecule has 2 N–H and O–H groups in total. The molecule has 11 heavy (non-hydrogen) atoms. The Hall–Kier alpha value is -0.0800. The van der Waals surface area contributed by atoms with Crippen LogP contribution in [0.2, 0.25) is 0 Å². The molecule has 0 bridgehead atoms. The summed E-state index contributed by atoms with van der Waals surface area (Å²) in [6.45, 7) is 4.63. The molecule has 1 heterocycles. The van der Waals surface area contributed by atoms with Crippen molar-refractivity contribution in [3.63, 3.8) is 0 Å². The predicted molar refractivity (Wildman–Crippen MR) is 48.6 cm³/mol. The molecule has 1 fully saturated rings. The third-order valence-corrected chi connectivity index (χ3v) is 2.23. The van der Waals surface area contributed by atoms with Gasteiger partial charge in [-0.1, -0.05) is 19.8 Å². The van der Waals surface area contributed by atoms with Crippen LogP contribution in [-0.2, 0) is 0 Å². The van der Waals surface area contributed by atoms with Crippen LogP contribution in [0.3, 0.4) is 0 Å². The second-order valence-electron chi connectivity index (χ2n) is 3.31. The van der Waals surface area contributed by atoms with Crippen molar-refractivity contribution in [3.8, 4) is 0 Å². The van der Waals surface area contributed by atoms with Gasteiger partial charge in [0.05, 0.1) is 6.17 Å². The minimum atomic E-state index is 0.617. The van der Waals surface area contributed by atoms with Gasteiger partial charge in [0.25, 0.3) is 0 Å². The summed E-state index contributed by atoms with van der Waals surface area (Å²) < 4.78 is 0. The summed E-state index contributed by atoms with van der Waals surface area (Å²) in [6.07, 6.45) is 7.28. The third-order valence-electron chi connectivity index (χ3n) is 2.23. The summed E-state index contributed by atoms with van der Waals surface area (Å²) in [7, 11) is 0. The molecule has 1 aliphatic heterocycles. The average molecular weight is 156 g/mol. The monoisotopic (exact) mass is 156 g/mol. The van der Waals surface area contributed by atoms with Crippen molar-refractivity contribution in [2.45, 2.75) is 45.2 Å². The van der Waals surface area contributed by atoms with E-state index in [2.05, 4.69) is 17.6 Å². The molecule has 0 aromatic carbocycles. The lowest BCUT2D eigenvalue weighted by molar-refractivity contribution is 0.471. The van der Waals surface area contributed by atoms with Gasteiger partial charge >= 0.3 is 0 Å². The maximum absolute atomic E-state index is 3.51. The molecule has 1 unspecified atom stereocenters. The van der Waals surface area contributed by atoms with Crippen LogP contribution in [0, 0.1) is 0 Å². The Labute approximate surface area is 69.8 Å². The molecule has 0 radical (unpaired) electrons. The summed E-state index contributed by atoms with van der Waals surface area (Å²) in [4.78, 5) is 0. The van der Waals surface area contributed by atoms with Crippen LogP contribution in [0.1, 0.15) is 39.0 Å². The molecule has 0 amide bonds. The smallest absolute Gasteiger partial charge is 0.0572 e. The molecule has 66 valence electrons. The van der Waals surface area contributed by atoms with E-state index in [9.17, 15) is 0 Å². The van der Waals surface area contributed by atoms with Crippen molar-refractivity contribution in [3.05, 3.63) is 0 Å². The average Bonchev–Trinajstić information content (AvgIpc) is 2.50. The Kier molecular flexibility index (Phi) is 4.55. The Morgan fingerprint density at radius 2 is 2.36 bits per heavy atom. The summed E-state index contributed by atoms with van der Waals surface area (Å²) in [5.74, 6) is 0. The van der Waals surface area contributed by atoms with Gasteiger partial charge in [0.2, 0.25) is 0 Å². The Morgan fingerprint density at radius 3 is 3.00 bits per heavy atom. The van der Waals surface area contributed by atoms with Gasteiger partial charge in [-0.25, -0.2) is 0 Å². The largest absolute Gasteiger partial charge is 0.302 e. The minimum Gasteiger partial charge on any atom is -0.302 e.